The highest BCUT2D eigenvalue weighted by Gasteiger charge is 2.28. The summed E-state index contributed by atoms with van der Waals surface area (Å²) in [6, 6.07) is 4.26. The Morgan fingerprint density at radius 2 is 1.76 bits per heavy atom. The zero-order valence-electron chi connectivity index (χ0n) is 13.6. The molecule has 0 radical (unpaired) electrons. The van der Waals surface area contributed by atoms with Crippen LogP contribution in [-0.4, -0.2) is 0 Å². The Kier molecular flexibility index (Phi) is 6.44. The van der Waals surface area contributed by atoms with E-state index < -0.39 is 0 Å². The molecule has 0 aliphatic heterocycles. The summed E-state index contributed by atoms with van der Waals surface area (Å²) in [4.78, 5) is 0. The maximum Gasteiger partial charge on any atom is 0.0616 e. The Balaban J connectivity index is 1.99. The lowest BCUT2D eigenvalue weighted by atomic mass is 9.77. The van der Waals surface area contributed by atoms with Crippen LogP contribution < -0.4 is 0 Å². The molecule has 0 saturated heterocycles. The summed E-state index contributed by atoms with van der Waals surface area (Å²) < 4.78 is 0. The maximum atomic E-state index is 6.82. The van der Waals surface area contributed by atoms with Crippen LogP contribution in [0.5, 0.6) is 0 Å². The molecule has 0 heterocycles. The number of hydrogen-bond donors (Lipinski definition) is 0. The van der Waals surface area contributed by atoms with Gasteiger partial charge in [0.05, 0.1) is 5.38 Å². The second kappa shape index (κ2) is 7.88. The van der Waals surface area contributed by atoms with Crippen molar-refractivity contribution in [3.63, 3.8) is 0 Å². The molecular formula is C19H28Cl2. The molecule has 1 atom stereocenters. The molecule has 1 aliphatic rings. The molecule has 1 unspecified atom stereocenters. The van der Waals surface area contributed by atoms with Crippen molar-refractivity contribution in [1.29, 1.82) is 0 Å². The van der Waals surface area contributed by atoms with Crippen LogP contribution in [0.25, 0.3) is 0 Å². The van der Waals surface area contributed by atoms with Crippen molar-refractivity contribution in [2.45, 2.75) is 71.1 Å². The Labute approximate surface area is 140 Å². The standard InChI is InChI=1S/C19H28Cl2/c1-4-5-6-15-7-9-16(10-8-15)19(21)17-11-14(3)18(20)12-13(17)2/h11-12,15-16,19H,4-10H2,1-3H3. The second-order valence-corrected chi connectivity index (χ2v) is 7.66. The third-order valence-electron chi connectivity index (χ3n) is 5.12. The van der Waals surface area contributed by atoms with Crippen LogP contribution in [0.3, 0.4) is 0 Å². The van der Waals surface area contributed by atoms with Crippen molar-refractivity contribution < 1.29 is 0 Å². The number of rotatable bonds is 5. The zero-order chi connectivity index (χ0) is 15.4. The fourth-order valence-corrected chi connectivity index (χ4v) is 4.32. The van der Waals surface area contributed by atoms with Gasteiger partial charge in [-0.1, -0.05) is 56.7 Å². The van der Waals surface area contributed by atoms with Gasteiger partial charge >= 0.3 is 0 Å². The number of alkyl halides is 1. The second-order valence-electron chi connectivity index (χ2n) is 6.78. The highest BCUT2D eigenvalue weighted by atomic mass is 35.5. The van der Waals surface area contributed by atoms with Gasteiger partial charge in [-0.05, 0) is 61.3 Å². The third-order valence-corrected chi connectivity index (χ3v) is 6.11. The summed E-state index contributed by atoms with van der Waals surface area (Å²) in [7, 11) is 0. The first kappa shape index (κ1) is 17.2. The number of halogens is 2. The quantitative estimate of drug-likeness (QED) is 0.500. The summed E-state index contributed by atoms with van der Waals surface area (Å²) in [5, 5.41) is 0.997. The van der Waals surface area contributed by atoms with Gasteiger partial charge in [-0.3, -0.25) is 0 Å². The maximum absolute atomic E-state index is 6.82. The molecule has 1 saturated carbocycles. The number of unbranched alkanes of at least 4 members (excludes halogenated alkanes) is 1. The van der Waals surface area contributed by atoms with E-state index in [2.05, 4.69) is 32.9 Å². The fourth-order valence-electron chi connectivity index (χ4n) is 3.62. The van der Waals surface area contributed by atoms with E-state index in [-0.39, 0.29) is 5.38 Å². The molecule has 0 spiro atoms. The van der Waals surface area contributed by atoms with Gasteiger partial charge in [0.1, 0.15) is 0 Å². The molecule has 0 bridgehead atoms. The molecule has 0 nitrogen and oxygen atoms in total. The third kappa shape index (κ3) is 4.39. The van der Waals surface area contributed by atoms with Gasteiger partial charge in [-0.2, -0.15) is 0 Å². The van der Waals surface area contributed by atoms with E-state index >= 15 is 0 Å². The highest BCUT2D eigenvalue weighted by molar-refractivity contribution is 6.31. The van der Waals surface area contributed by atoms with Crippen LogP contribution in [-0.2, 0) is 0 Å². The largest absolute Gasteiger partial charge is 0.118 e. The average Bonchev–Trinajstić information content (AvgIpc) is 2.48. The summed E-state index contributed by atoms with van der Waals surface area (Å²) in [5.41, 5.74) is 3.66. The van der Waals surface area contributed by atoms with E-state index in [1.54, 1.807) is 0 Å². The average molecular weight is 327 g/mol. The van der Waals surface area contributed by atoms with Gasteiger partial charge in [0.25, 0.3) is 0 Å². The van der Waals surface area contributed by atoms with Crippen LogP contribution in [0.4, 0.5) is 0 Å². The first-order valence-electron chi connectivity index (χ1n) is 8.43. The normalized spacial score (nSPS) is 24.0. The summed E-state index contributed by atoms with van der Waals surface area (Å²) in [5.74, 6) is 1.57. The van der Waals surface area contributed by atoms with Crippen molar-refractivity contribution in [2.75, 3.05) is 0 Å². The van der Waals surface area contributed by atoms with Crippen LogP contribution in [0.1, 0.15) is 73.9 Å². The molecule has 21 heavy (non-hydrogen) atoms. The van der Waals surface area contributed by atoms with Crippen LogP contribution in [0.2, 0.25) is 5.02 Å². The van der Waals surface area contributed by atoms with E-state index in [0.29, 0.717) is 5.92 Å². The predicted molar refractivity (Wildman–Crippen MR) is 94.5 cm³/mol. The monoisotopic (exact) mass is 326 g/mol. The molecule has 2 heteroatoms. The Hall–Kier alpha value is -0.200. The molecule has 0 aromatic heterocycles. The summed E-state index contributed by atoms with van der Waals surface area (Å²) >= 11 is 13.0. The molecule has 0 N–H and O–H groups in total. The first-order chi connectivity index (χ1) is 10.0. The fraction of sp³-hybridized carbons (Fsp3) is 0.684. The van der Waals surface area contributed by atoms with Gasteiger partial charge in [-0.15, -0.1) is 11.6 Å². The minimum Gasteiger partial charge on any atom is -0.118 e. The highest BCUT2D eigenvalue weighted by Crippen LogP contribution is 2.43. The van der Waals surface area contributed by atoms with E-state index in [0.717, 1.165) is 16.5 Å². The van der Waals surface area contributed by atoms with Gasteiger partial charge in [0.2, 0.25) is 0 Å². The number of benzene rings is 1. The lowest BCUT2D eigenvalue weighted by molar-refractivity contribution is 0.254. The molecule has 1 fully saturated rings. The van der Waals surface area contributed by atoms with Crippen molar-refractivity contribution in [2.24, 2.45) is 11.8 Å². The van der Waals surface area contributed by atoms with Crippen molar-refractivity contribution in [1.82, 2.24) is 0 Å². The van der Waals surface area contributed by atoms with Crippen LogP contribution >= 0.6 is 23.2 Å². The SMILES string of the molecule is CCCCC1CCC(C(Cl)c2cc(C)c(Cl)cc2C)CC1. The topological polar surface area (TPSA) is 0 Å². The van der Waals surface area contributed by atoms with E-state index in [4.69, 9.17) is 23.2 Å². The minimum atomic E-state index is 0.146. The smallest absolute Gasteiger partial charge is 0.0616 e. The van der Waals surface area contributed by atoms with Gasteiger partial charge < -0.3 is 0 Å². The van der Waals surface area contributed by atoms with Gasteiger partial charge in [0, 0.05) is 5.02 Å². The van der Waals surface area contributed by atoms with E-state index in [1.807, 2.05) is 0 Å². The molecule has 2 rings (SSSR count). The molecule has 0 amide bonds. The van der Waals surface area contributed by atoms with Gasteiger partial charge in [0.15, 0.2) is 0 Å². The number of aryl methyl sites for hydroxylation is 2. The lowest BCUT2D eigenvalue weighted by Gasteiger charge is -2.32. The van der Waals surface area contributed by atoms with Crippen LogP contribution in [0.15, 0.2) is 12.1 Å². The van der Waals surface area contributed by atoms with E-state index in [1.165, 1.54) is 56.1 Å². The van der Waals surface area contributed by atoms with Crippen molar-refractivity contribution in [3.8, 4) is 0 Å². The number of hydrogen-bond acceptors (Lipinski definition) is 0. The summed E-state index contributed by atoms with van der Waals surface area (Å²) in [6.45, 7) is 6.48. The molecular weight excluding hydrogens is 299 g/mol. The van der Waals surface area contributed by atoms with Crippen molar-refractivity contribution >= 4 is 23.2 Å². The Morgan fingerprint density at radius 1 is 1.10 bits per heavy atom. The minimum absolute atomic E-state index is 0.146. The predicted octanol–water partition coefficient (Wildman–Crippen LogP) is 7.23. The molecule has 1 aromatic rings. The molecule has 1 aliphatic carbocycles. The zero-order valence-corrected chi connectivity index (χ0v) is 15.1. The Morgan fingerprint density at radius 3 is 2.38 bits per heavy atom. The van der Waals surface area contributed by atoms with Gasteiger partial charge in [-0.25, -0.2) is 0 Å². The lowest BCUT2D eigenvalue weighted by Crippen LogP contribution is -2.18. The first-order valence-corrected chi connectivity index (χ1v) is 9.25. The molecule has 118 valence electrons. The molecule has 1 aromatic carbocycles. The van der Waals surface area contributed by atoms with Crippen LogP contribution in [0, 0.1) is 25.7 Å². The summed E-state index contributed by atoms with van der Waals surface area (Å²) in [6.07, 6.45) is 9.40. The van der Waals surface area contributed by atoms with E-state index in [9.17, 15) is 0 Å². The Bertz CT molecular complexity index is 459. The van der Waals surface area contributed by atoms with Crippen molar-refractivity contribution in [3.05, 3.63) is 33.8 Å².